The summed E-state index contributed by atoms with van der Waals surface area (Å²) in [6.45, 7) is 4.90. The number of rotatable bonds is 3. The van der Waals surface area contributed by atoms with Crippen LogP contribution in [0.1, 0.15) is 19.8 Å². The molecule has 1 rings (SSSR count). The molecule has 1 aliphatic heterocycles. The Morgan fingerprint density at radius 3 is 2.82 bits per heavy atom. The van der Waals surface area contributed by atoms with Crippen molar-refractivity contribution in [1.29, 1.82) is 0 Å². The molecule has 2 nitrogen and oxygen atoms in total. The van der Waals surface area contributed by atoms with Gasteiger partial charge in [0.2, 0.25) is 0 Å². The van der Waals surface area contributed by atoms with Crippen LogP contribution in [0.15, 0.2) is 12.2 Å². The minimum atomic E-state index is 0.681. The van der Waals surface area contributed by atoms with Crippen molar-refractivity contribution in [2.75, 3.05) is 19.8 Å². The summed E-state index contributed by atoms with van der Waals surface area (Å²) in [5, 5.41) is 3.46. The molecule has 0 aromatic rings. The van der Waals surface area contributed by atoms with Gasteiger partial charge in [-0.15, -0.1) is 0 Å². The fourth-order valence-corrected chi connectivity index (χ4v) is 1.25. The van der Waals surface area contributed by atoms with E-state index in [9.17, 15) is 0 Å². The van der Waals surface area contributed by atoms with Gasteiger partial charge < -0.3 is 10.1 Å². The summed E-state index contributed by atoms with van der Waals surface area (Å²) in [6.07, 6.45) is 6.55. The summed E-state index contributed by atoms with van der Waals surface area (Å²) < 4.78 is 5.25. The molecule has 0 amide bonds. The van der Waals surface area contributed by atoms with Crippen LogP contribution in [0.5, 0.6) is 0 Å². The van der Waals surface area contributed by atoms with Crippen molar-refractivity contribution in [3.63, 3.8) is 0 Å². The highest BCUT2D eigenvalue weighted by Crippen LogP contribution is 2.05. The van der Waals surface area contributed by atoms with E-state index in [4.69, 9.17) is 4.74 Å². The fraction of sp³-hybridized carbons (Fsp3) is 0.778. The topological polar surface area (TPSA) is 21.3 Å². The Labute approximate surface area is 68.6 Å². The standard InChI is InChI=1S/C9H17NO/c1-2-3-6-10-9-4-7-11-8-5-9/h2-3,9-10H,4-8H2,1H3/b3-2+. The van der Waals surface area contributed by atoms with Crippen molar-refractivity contribution >= 4 is 0 Å². The average molecular weight is 155 g/mol. The van der Waals surface area contributed by atoms with Crippen molar-refractivity contribution in [2.45, 2.75) is 25.8 Å². The second-order valence-electron chi connectivity index (χ2n) is 2.86. The third kappa shape index (κ3) is 3.54. The molecular weight excluding hydrogens is 138 g/mol. The fourth-order valence-electron chi connectivity index (χ4n) is 1.25. The first kappa shape index (κ1) is 8.75. The molecule has 1 heterocycles. The molecule has 64 valence electrons. The monoisotopic (exact) mass is 155 g/mol. The molecule has 1 fully saturated rings. The number of hydrogen-bond acceptors (Lipinski definition) is 2. The molecular formula is C9H17NO. The first-order valence-corrected chi connectivity index (χ1v) is 4.36. The number of allylic oxidation sites excluding steroid dienone is 1. The predicted molar refractivity (Wildman–Crippen MR) is 46.7 cm³/mol. The van der Waals surface area contributed by atoms with Gasteiger partial charge in [-0.3, -0.25) is 0 Å². The van der Waals surface area contributed by atoms with Gasteiger partial charge in [0.1, 0.15) is 0 Å². The van der Waals surface area contributed by atoms with Crippen LogP contribution in [-0.2, 0) is 4.74 Å². The Morgan fingerprint density at radius 1 is 1.45 bits per heavy atom. The van der Waals surface area contributed by atoms with Crippen molar-refractivity contribution in [3.05, 3.63) is 12.2 Å². The molecule has 0 spiro atoms. The van der Waals surface area contributed by atoms with Crippen molar-refractivity contribution in [1.82, 2.24) is 5.32 Å². The van der Waals surface area contributed by atoms with Crippen molar-refractivity contribution in [3.8, 4) is 0 Å². The van der Waals surface area contributed by atoms with Gasteiger partial charge >= 0.3 is 0 Å². The Hall–Kier alpha value is -0.340. The van der Waals surface area contributed by atoms with Gasteiger partial charge in [0.25, 0.3) is 0 Å². The number of hydrogen-bond donors (Lipinski definition) is 1. The highest BCUT2D eigenvalue weighted by Gasteiger charge is 2.11. The lowest BCUT2D eigenvalue weighted by Gasteiger charge is -2.22. The molecule has 1 aliphatic rings. The van der Waals surface area contributed by atoms with Gasteiger partial charge in [-0.25, -0.2) is 0 Å². The van der Waals surface area contributed by atoms with E-state index in [1.807, 2.05) is 6.92 Å². The molecule has 2 heteroatoms. The first-order valence-electron chi connectivity index (χ1n) is 4.36. The van der Waals surface area contributed by atoms with E-state index in [0.29, 0.717) is 6.04 Å². The Balaban J connectivity index is 2.04. The molecule has 0 bridgehead atoms. The van der Waals surface area contributed by atoms with Crippen LogP contribution in [0, 0.1) is 0 Å². The maximum Gasteiger partial charge on any atom is 0.0480 e. The minimum Gasteiger partial charge on any atom is -0.381 e. The largest absolute Gasteiger partial charge is 0.381 e. The molecule has 1 saturated heterocycles. The number of nitrogens with one attached hydrogen (secondary N) is 1. The van der Waals surface area contributed by atoms with Gasteiger partial charge in [0, 0.05) is 25.8 Å². The summed E-state index contributed by atoms with van der Waals surface area (Å²) >= 11 is 0. The quantitative estimate of drug-likeness (QED) is 0.621. The molecule has 0 unspecified atom stereocenters. The van der Waals surface area contributed by atoms with Crippen LogP contribution in [0.2, 0.25) is 0 Å². The molecule has 0 aliphatic carbocycles. The first-order chi connectivity index (χ1) is 5.43. The van der Waals surface area contributed by atoms with Crippen LogP contribution < -0.4 is 5.32 Å². The van der Waals surface area contributed by atoms with Gasteiger partial charge in [0.15, 0.2) is 0 Å². The predicted octanol–water partition coefficient (Wildman–Crippen LogP) is 1.33. The summed E-state index contributed by atoms with van der Waals surface area (Å²) in [6, 6.07) is 0.681. The molecule has 0 atom stereocenters. The summed E-state index contributed by atoms with van der Waals surface area (Å²) in [4.78, 5) is 0. The van der Waals surface area contributed by atoms with E-state index in [2.05, 4.69) is 17.5 Å². The van der Waals surface area contributed by atoms with Crippen molar-refractivity contribution in [2.24, 2.45) is 0 Å². The third-order valence-electron chi connectivity index (χ3n) is 1.98. The van der Waals surface area contributed by atoms with Gasteiger partial charge in [-0.1, -0.05) is 12.2 Å². The Bertz CT molecular complexity index is 117. The van der Waals surface area contributed by atoms with E-state index in [-0.39, 0.29) is 0 Å². The van der Waals surface area contributed by atoms with Gasteiger partial charge in [0.05, 0.1) is 0 Å². The van der Waals surface area contributed by atoms with Crippen LogP contribution in [0.3, 0.4) is 0 Å². The molecule has 0 aromatic heterocycles. The summed E-state index contributed by atoms with van der Waals surface area (Å²) in [5.74, 6) is 0. The average Bonchev–Trinajstić information content (AvgIpc) is 2.07. The maximum absolute atomic E-state index is 5.25. The zero-order valence-corrected chi connectivity index (χ0v) is 7.18. The highest BCUT2D eigenvalue weighted by atomic mass is 16.5. The third-order valence-corrected chi connectivity index (χ3v) is 1.98. The summed E-state index contributed by atoms with van der Waals surface area (Å²) in [7, 11) is 0. The zero-order valence-electron chi connectivity index (χ0n) is 7.18. The second kappa shape index (κ2) is 5.33. The second-order valence-corrected chi connectivity index (χ2v) is 2.86. The lowest BCUT2D eigenvalue weighted by molar-refractivity contribution is 0.0789. The lowest BCUT2D eigenvalue weighted by Crippen LogP contribution is -2.34. The molecule has 0 radical (unpaired) electrons. The van der Waals surface area contributed by atoms with Gasteiger partial charge in [-0.05, 0) is 19.8 Å². The molecule has 11 heavy (non-hydrogen) atoms. The Kier molecular flexibility index (Phi) is 4.24. The van der Waals surface area contributed by atoms with E-state index in [0.717, 1.165) is 32.6 Å². The highest BCUT2D eigenvalue weighted by molar-refractivity contribution is 4.82. The van der Waals surface area contributed by atoms with Crippen LogP contribution >= 0.6 is 0 Å². The molecule has 1 N–H and O–H groups in total. The molecule has 0 saturated carbocycles. The lowest BCUT2D eigenvalue weighted by atomic mass is 10.1. The Morgan fingerprint density at radius 2 is 2.18 bits per heavy atom. The maximum atomic E-state index is 5.25. The van der Waals surface area contributed by atoms with E-state index in [1.165, 1.54) is 0 Å². The minimum absolute atomic E-state index is 0.681. The normalized spacial score (nSPS) is 21.2. The SMILES string of the molecule is C/C=C/CNC1CCOCC1. The van der Waals surface area contributed by atoms with Crippen LogP contribution in [-0.4, -0.2) is 25.8 Å². The van der Waals surface area contributed by atoms with Gasteiger partial charge in [-0.2, -0.15) is 0 Å². The summed E-state index contributed by atoms with van der Waals surface area (Å²) in [5.41, 5.74) is 0. The van der Waals surface area contributed by atoms with Crippen LogP contribution in [0.4, 0.5) is 0 Å². The van der Waals surface area contributed by atoms with E-state index in [1.54, 1.807) is 0 Å². The van der Waals surface area contributed by atoms with Crippen molar-refractivity contribution < 1.29 is 4.74 Å². The zero-order chi connectivity index (χ0) is 7.94. The number of ether oxygens (including phenoxy) is 1. The smallest absolute Gasteiger partial charge is 0.0480 e. The molecule has 0 aromatic carbocycles. The van der Waals surface area contributed by atoms with E-state index < -0.39 is 0 Å². The van der Waals surface area contributed by atoms with Crippen LogP contribution in [0.25, 0.3) is 0 Å². The van der Waals surface area contributed by atoms with E-state index >= 15 is 0 Å².